The molecule has 0 aromatic heterocycles. The lowest BCUT2D eigenvalue weighted by atomic mass is 10.1. The predicted molar refractivity (Wildman–Crippen MR) is 78.5 cm³/mol. The molecule has 19 heavy (non-hydrogen) atoms. The molecule has 0 N–H and O–H groups in total. The standard InChI is InChI=1S/C14H21ClN2O2/c1-4-11(3)9-16(5-2)10-12-8-13(17(18)19)6-7-14(12)15/h6-8,11H,4-5,9-10H2,1-3H3. The molecule has 1 unspecified atom stereocenters. The zero-order valence-corrected chi connectivity index (χ0v) is 12.5. The van der Waals surface area contributed by atoms with Gasteiger partial charge in [-0.05, 0) is 24.1 Å². The molecule has 0 aliphatic carbocycles. The van der Waals surface area contributed by atoms with Crippen molar-refractivity contribution in [2.75, 3.05) is 13.1 Å². The average molecular weight is 285 g/mol. The Kier molecular flexibility index (Phi) is 6.25. The van der Waals surface area contributed by atoms with Crippen LogP contribution in [0.2, 0.25) is 5.02 Å². The Hall–Kier alpha value is -1.13. The Morgan fingerprint density at radius 1 is 1.42 bits per heavy atom. The number of rotatable bonds is 7. The maximum absolute atomic E-state index is 10.8. The lowest BCUT2D eigenvalue weighted by Gasteiger charge is -2.24. The van der Waals surface area contributed by atoms with Crippen molar-refractivity contribution in [1.29, 1.82) is 0 Å². The normalized spacial score (nSPS) is 12.7. The number of hydrogen-bond donors (Lipinski definition) is 0. The Morgan fingerprint density at radius 3 is 2.63 bits per heavy atom. The molecule has 0 bridgehead atoms. The number of non-ortho nitro benzene ring substituents is 1. The van der Waals surface area contributed by atoms with Gasteiger partial charge in [-0.25, -0.2) is 0 Å². The number of benzene rings is 1. The van der Waals surface area contributed by atoms with Gasteiger partial charge in [-0.2, -0.15) is 0 Å². The Labute approximate surface area is 119 Å². The van der Waals surface area contributed by atoms with Gasteiger partial charge in [0.1, 0.15) is 0 Å². The van der Waals surface area contributed by atoms with E-state index in [9.17, 15) is 10.1 Å². The molecule has 0 radical (unpaired) electrons. The Morgan fingerprint density at radius 2 is 2.11 bits per heavy atom. The van der Waals surface area contributed by atoms with E-state index in [1.165, 1.54) is 6.07 Å². The molecule has 5 heteroatoms. The van der Waals surface area contributed by atoms with Crippen LogP contribution in [0.5, 0.6) is 0 Å². The van der Waals surface area contributed by atoms with Gasteiger partial charge in [0.25, 0.3) is 5.69 Å². The monoisotopic (exact) mass is 284 g/mol. The van der Waals surface area contributed by atoms with E-state index in [0.29, 0.717) is 17.5 Å². The summed E-state index contributed by atoms with van der Waals surface area (Å²) in [5.74, 6) is 0.609. The first-order valence-electron chi connectivity index (χ1n) is 6.63. The van der Waals surface area contributed by atoms with Crippen molar-refractivity contribution in [1.82, 2.24) is 4.90 Å². The van der Waals surface area contributed by atoms with Gasteiger partial charge in [0.15, 0.2) is 0 Å². The fourth-order valence-corrected chi connectivity index (χ4v) is 2.09. The summed E-state index contributed by atoms with van der Waals surface area (Å²) in [6, 6.07) is 4.62. The fourth-order valence-electron chi connectivity index (χ4n) is 1.91. The number of halogens is 1. The molecule has 1 aromatic carbocycles. The van der Waals surface area contributed by atoms with Crippen molar-refractivity contribution < 1.29 is 4.92 Å². The molecule has 0 fully saturated rings. The molecule has 0 heterocycles. The third kappa shape index (κ3) is 4.80. The third-order valence-electron chi connectivity index (χ3n) is 3.35. The molecule has 0 saturated heterocycles. The molecule has 0 saturated carbocycles. The van der Waals surface area contributed by atoms with E-state index in [4.69, 9.17) is 11.6 Å². The summed E-state index contributed by atoms with van der Waals surface area (Å²) in [5.41, 5.74) is 0.917. The molecular weight excluding hydrogens is 264 g/mol. The lowest BCUT2D eigenvalue weighted by Crippen LogP contribution is -2.28. The van der Waals surface area contributed by atoms with Gasteiger partial charge in [-0.15, -0.1) is 0 Å². The predicted octanol–water partition coefficient (Wildman–Crippen LogP) is 4.12. The quantitative estimate of drug-likeness (QED) is 0.559. The second-order valence-electron chi connectivity index (χ2n) is 4.87. The van der Waals surface area contributed by atoms with Crippen molar-refractivity contribution in [3.63, 3.8) is 0 Å². The zero-order chi connectivity index (χ0) is 14.4. The van der Waals surface area contributed by atoms with Crippen molar-refractivity contribution in [2.45, 2.75) is 33.7 Å². The van der Waals surface area contributed by atoms with Gasteiger partial charge >= 0.3 is 0 Å². The maximum Gasteiger partial charge on any atom is 0.269 e. The lowest BCUT2D eigenvalue weighted by molar-refractivity contribution is -0.384. The minimum absolute atomic E-state index is 0.0963. The second-order valence-corrected chi connectivity index (χ2v) is 5.28. The van der Waals surface area contributed by atoms with Gasteiger partial charge in [-0.3, -0.25) is 15.0 Å². The van der Waals surface area contributed by atoms with E-state index in [1.807, 2.05) is 0 Å². The Bertz CT molecular complexity index is 437. The van der Waals surface area contributed by atoms with Crippen LogP contribution in [0.3, 0.4) is 0 Å². The van der Waals surface area contributed by atoms with Crippen LogP contribution in [0.25, 0.3) is 0 Å². The average Bonchev–Trinajstić information content (AvgIpc) is 2.39. The van der Waals surface area contributed by atoms with Crippen LogP contribution in [-0.2, 0) is 6.54 Å². The molecular formula is C14H21ClN2O2. The first kappa shape index (κ1) is 15.9. The van der Waals surface area contributed by atoms with Crippen molar-refractivity contribution in [2.24, 2.45) is 5.92 Å². The van der Waals surface area contributed by atoms with Crippen molar-refractivity contribution in [3.8, 4) is 0 Å². The molecule has 106 valence electrons. The van der Waals surface area contributed by atoms with Crippen molar-refractivity contribution in [3.05, 3.63) is 38.9 Å². The van der Waals surface area contributed by atoms with Gasteiger partial charge in [-0.1, -0.05) is 38.8 Å². The highest BCUT2D eigenvalue weighted by molar-refractivity contribution is 6.31. The molecule has 1 aromatic rings. The van der Waals surface area contributed by atoms with Gasteiger partial charge in [0, 0.05) is 30.2 Å². The highest BCUT2D eigenvalue weighted by Gasteiger charge is 2.13. The summed E-state index contributed by atoms with van der Waals surface area (Å²) in [7, 11) is 0. The minimum Gasteiger partial charge on any atom is -0.299 e. The minimum atomic E-state index is -0.384. The molecule has 0 aliphatic rings. The largest absolute Gasteiger partial charge is 0.299 e. The number of hydrogen-bond acceptors (Lipinski definition) is 3. The van der Waals surface area contributed by atoms with Crippen LogP contribution < -0.4 is 0 Å². The highest BCUT2D eigenvalue weighted by atomic mass is 35.5. The van der Waals surface area contributed by atoms with Crippen LogP contribution in [-0.4, -0.2) is 22.9 Å². The van der Waals surface area contributed by atoms with Crippen LogP contribution in [0.1, 0.15) is 32.8 Å². The van der Waals surface area contributed by atoms with E-state index in [2.05, 4.69) is 25.7 Å². The van der Waals surface area contributed by atoms with Crippen molar-refractivity contribution >= 4 is 17.3 Å². The summed E-state index contributed by atoms with van der Waals surface area (Å²) in [5, 5.41) is 11.4. The van der Waals surface area contributed by atoms with Crippen LogP contribution in [0, 0.1) is 16.0 Å². The first-order valence-corrected chi connectivity index (χ1v) is 7.00. The van der Waals surface area contributed by atoms with E-state index >= 15 is 0 Å². The van der Waals surface area contributed by atoms with Gasteiger partial charge < -0.3 is 0 Å². The van der Waals surface area contributed by atoms with Crippen LogP contribution >= 0.6 is 11.6 Å². The molecule has 0 aliphatic heterocycles. The Balaban J connectivity index is 2.84. The summed E-state index contributed by atoms with van der Waals surface area (Å²) >= 11 is 6.12. The molecule has 4 nitrogen and oxygen atoms in total. The zero-order valence-electron chi connectivity index (χ0n) is 11.7. The highest BCUT2D eigenvalue weighted by Crippen LogP contribution is 2.23. The van der Waals surface area contributed by atoms with Crippen LogP contribution in [0.4, 0.5) is 5.69 Å². The molecule has 1 atom stereocenters. The van der Waals surface area contributed by atoms with Crippen LogP contribution in [0.15, 0.2) is 18.2 Å². The molecule has 0 spiro atoms. The summed E-state index contributed by atoms with van der Waals surface area (Å²) in [6.45, 7) is 9.00. The van der Waals surface area contributed by atoms with Gasteiger partial charge in [0.2, 0.25) is 0 Å². The van der Waals surface area contributed by atoms with E-state index in [0.717, 1.165) is 25.1 Å². The third-order valence-corrected chi connectivity index (χ3v) is 3.72. The summed E-state index contributed by atoms with van der Waals surface area (Å²) in [4.78, 5) is 12.7. The fraction of sp³-hybridized carbons (Fsp3) is 0.571. The second kappa shape index (κ2) is 7.46. The van der Waals surface area contributed by atoms with E-state index in [-0.39, 0.29) is 10.6 Å². The topological polar surface area (TPSA) is 46.4 Å². The first-order chi connectivity index (χ1) is 8.97. The maximum atomic E-state index is 10.8. The van der Waals surface area contributed by atoms with E-state index in [1.54, 1.807) is 12.1 Å². The van der Waals surface area contributed by atoms with E-state index < -0.39 is 0 Å². The number of nitrogens with zero attached hydrogens (tertiary/aromatic N) is 2. The summed E-state index contributed by atoms with van der Waals surface area (Å²) in [6.07, 6.45) is 1.12. The number of nitro groups is 1. The molecule has 0 amide bonds. The SMILES string of the molecule is CCC(C)CN(CC)Cc1cc([N+](=O)[O-])ccc1Cl. The molecule has 1 rings (SSSR count). The smallest absolute Gasteiger partial charge is 0.269 e. The van der Waals surface area contributed by atoms with Gasteiger partial charge in [0.05, 0.1) is 4.92 Å². The summed E-state index contributed by atoms with van der Waals surface area (Å²) < 4.78 is 0. The number of nitro benzene ring substituents is 1.